The predicted octanol–water partition coefficient (Wildman–Crippen LogP) is 3.70. The molecule has 0 fully saturated rings. The lowest BCUT2D eigenvalue weighted by Crippen LogP contribution is -2.15. The molecule has 5 rings (SSSR count). The molecule has 2 aromatic carbocycles. The van der Waals surface area contributed by atoms with Gasteiger partial charge in [-0.1, -0.05) is 35.5 Å². The summed E-state index contributed by atoms with van der Waals surface area (Å²) >= 11 is 7.50. The molecule has 1 aliphatic heterocycles. The van der Waals surface area contributed by atoms with Crippen LogP contribution in [0.25, 0.3) is 16.6 Å². The Labute approximate surface area is 174 Å². The Morgan fingerprint density at radius 3 is 2.90 bits per heavy atom. The van der Waals surface area contributed by atoms with Crippen molar-refractivity contribution in [3.8, 4) is 11.5 Å². The fourth-order valence-corrected chi connectivity index (χ4v) is 4.00. The zero-order valence-corrected chi connectivity index (χ0v) is 16.8. The molecule has 1 aliphatic rings. The molecule has 1 N–H and O–H groups in total. The highest BCUT2D eigenvalue weighted by Gasteiger charge is 2.18. The highest BCUT2D eigenvalue weighted by molar-refractivity contribution is 7.99. The largest absolute Gasteiger partial charge is 0.454 e. The Kier molecular flexibility index (Phi) is 4.40. The number of hydrogen-bond acceptors (Lipinski definition) is 7. The van der Waals surface area contributed by atoms with E-state index >= 15 is 0 Å². The van der Waals surface area contributed by atoms with Gasteiger partial charge in [0.05, 0.1) is 22.0 Å². The van der Waals surface area contributed by atoms with Crippen molar-refractivity contribution in [1.82, 2.24) is 19.6 Å². The molecule has 0 aliphatic carbocycles. The smallest absolute Gasteiger partial charge is 0.234 e. The summed E-state index contributed by atoms with van der Waals surface area (Å²) in [6, 6.07) is 11.0. The fraction of sp³-hybridized carbons (Fsp3) is 0.158. The number of halogens is 1. The third-order valence-corrected chi connectivity index (χ3v) is 5.57. The van der Waals surface area contributed by atoms with Crippen molar-refractivity contribution < 1.29 is 14.3 Å². The predicted molar refractivity (Wildman–Crippen MR) is 110 cm³/mol. The molecule has 146 valence electrons. The third kappa shape index (κ3) is 3.32. The van der Waals surface area contributed by atoms with E-state index in [-0.39, 0.29) is 18.5 Å². The lowest BCUT2D eigenvalue weighted by atomic mass is 10.2. The molecule has 0 spiro atoms. The van der Waals surface area contributed by atoms with E-state index in [0.29, 0.717) is 33.2 Å². The van der Waals surface area contributed by atoms with E-state index in [9.17, 15) is 4.79 Å². The summed E-state index contributed by atoms with van der Waals surface area (Å²) in [7, 11) is 0. The molecule has 10 heteroatoms. The van der Waals surface area contributed by atoms with E-state index in [2.05, 4.69) is 20.4 Å². The van der Waals surface area contributed by atoms with E-state index < -0.39 is 0 Å². The van der Waals surface area contributed by atoms with Gasteiger partial charge in [0.15, 0.2) is 22.3 Å². The highest BCUT2D eigenvalue weighted by atomic mass is 35.5. The molecule has 29 heavy (non-hydrogen) atoms. The minimum absolute atomic E-state index is 0.129. The average molecular weight is 428 g/mol. The lowest BCUT2D eigenvalue weighted by molar-refractivity contribution is -0.113. The number of benzene rings is 2. The van der Waals surface area contributed by atoms with Gasteiger partial charge in [0.2, 0.25) is 12.7 Å². The van der Waals surface area contributed by atoms with Crippen LogP contribution < -0.4 is 14.8 Å². The minimum Gasteiger partial charge on any atom is -0.454 e. The van der Waals surface area contributed by atoms with Crippen molar-refractivity contribution in [2.75, 3.05) is 17.9 Å². The van der Waals surface area contributed by atoms with Crippen molar-refractivity contribution in [2.45, 2.75) is 12.1 Å². The van der Waals surface area contributed by atoms with Crippen LogP contribution in [0.15, 0.2) is 41.6 Å². The van der Waals surface area contributed by atoms with Crippen LogP contribution in [0.5, 0.6) is 11.5 Å². The molecular formula is C19H14ClN5O3S. The Morgan fingerprint density at radius 1 is 1.24 bits per heavy atom. The Hall–Kier alpha value is -3.04. The summed E-state index contributed by atoms with van der Waals surface area (Å²) in [5.74, 6) is 1.65. The van der Waals surface area contributed by atoms with Crippen LogP contribution in [0.2, 0.25) is 5.02 Å². The number of ether oxygens (including phenoxy) is 2. The first-order valence-corrected chi connectivity index (χ1v) is 10.1. The maximum atomic E-state index is 12.5. The number of nitrogens with zero attached hydrogens (tertiary/aromatic N) is 4. The van der Waals surface area contributed by atoms with Crippen LogP contribution in [0.4, 0.5) is 5.69 Å². The normalized spacial score (nSPS) is 12.6. The number of aryl methyl sites for hydroxylation is 1. The van der Waals surface area contributed by atoms with Crippen LogP contribution in [0.1, 0.15) is 5.82 Å². The van der Waals surface area contributed by atoms with Gasteiger partial charge in [-0.05, 0) is 19.1 Å². The molecule has 8 nitrogen and oxygen atoms in total. The summed E-state index contributed by atoms with van der Waals surface area (Å²) in [6.07, 6.45) is 0. The van der Waals surface area contributed by atoms with Crippen LogP contribution in [0, 0.1) is 6.92 Å². The molecule has 0 saturated heterocycles. The molecule has 2 aromatic heterocycles. The number of nitrogens with one attached hydrogen (secondary N) is 1. The van der Waals surface area contributed by atoms with Crippen LogP contribution in [0.3, 0.4) is 0 Å². The van der Waals surface area contributed by atoms with Crippen LogP contribution >= 0.6 is 23.4 Å². The molecule has 0 atom stereocenters. The summed E-state index contributed by atoms with van der Waals surface area (Å²) in [5, 5.41) is 9.10. The lowest BCUT2D eigenvalue weighted by Gasteiger charge is -2.09. The van der Waals surface area contributed by atoms with E-state index in [1.807, 2.05) is 31.2 Å². The number of carbonyl (C=O) groups is 1. The van der Waals surface area contributed by atoms with Crippen LogP contribution in [-0.4, -0.2) is 38.0 Å². The third-order valence-electron chi connectivity index (χ3n) is 4.32. The molecule has 3 heterocycles. The Balaban J connectivity index is 1.38. The summed E-state index contributed by atoms with van der Waals surface area (Å²) in [5.41, 5.74) is 1.98. The molecular weight excluding hydrogens is 414 g/mol. The van der Waals surface area contributed by atoms with Gasteiger partial charge in [-0.25, -0.2) is 9.97 Å². The number of aromatic nitrogens is 4. The average Bonchev–Trinajstić information content (AvgIpc) is 3.32. The topological polar surface area (TPSA) is 90.6 Å². The van der Waals surface area contributed by atoms with Crippen molar-refractivity contribution in [2.24, 2.45) is 0 Å². The zero-order chi connectivity index (χ0) is 20.0. The highest BCUT2D eigenvalue weighted by Crippen LogP contribution is 2.39. The first-order valence-electron chi connectivity index (χ1n) is 8.72. The van der Waals surface area contributed by atoms with Gasteiger partial charge < -0.3 is 14.8 Å². The second-order valence-electron chi connectivity index (χ2n) is 6.33. The monoisotopic (exact) mass is 427 g/mol. The molecule has 0 saturated carbocycles. The molecule has 0 unspecified atom stereocenters. The Morgan fingerprint density at radius 2 is 2.03 bits per heavy atom. The van der Waals surface area contributed by atoms with Crippen molar-refractivity contribution in [3.05, 3.63) is 47.2 Å². The second-order valence-corrected chi connectivity index (χ2v) is 7.68. The number of thioether (sulfide) groups is 1. The maximum Gasteiger partial charge on any atom is 0.234 e. The van der Waals surface area contributed by atoms with Gasteiger partial charge in [-0.15, -0.1) is 5.10 Å². The fourth-order valence-electron chi connectivity index (χ4n) is 3.06. The summed E-state index contributed by atoms with van der Waals surface area (Å²) in [4.78, 5) is 21.6. The standard InChI is InChI=1S/C19H14ClN5O3S/c1-10-21-18-11-4-2-3-5-13(11)23-19(25(18)24-10)29-8-17(26)22-14-7-16-15(6-12(14)20)27-9-28-16/h2-7H,8-9H2,1H3,(H,22,26). The molecule has 0 radical (unpaired) electrons. The van der Waals surface area contributed by atoms with E-state index in [1.165, 1.54) is 11.8 Å². The van der Waals surface area contributed by atoms with Gasteiger partial charge in [0.1, 0.15) is 5.82 Å². The van der Waals surface area contributed by atoms with Gasteiger partial charge >= 0.3 is 0 Å². The van der Waals surface area contributed by atoms with Crippen molar-refractivity contribution in [1.29, 1.82) is 0 Å². The van der Waals surface area contributed by atoms with Gasteiger partial charge in [0.25, 0.3) is 0 Å². The van der Waals surface area contributed by atoms with E-state index in [0.717, 1.165) is 16.6 Å². The molecule has 1 amide bonds. The molecule has 0 bridgehead atoms. The number of amides is 1. The summed E-state index contributed by atoms with van der Waals surface area (Å²) < 4.78 is 12.3. The SMILES string of the molecule is Cc1nc2c3ccccc3nc(SCC(=O)Nc3cc4c(cc3Cl)OCO4)n2n1. The quantitative estimate of drug-likeness (QED) is 0.392. The number of para-hydroxylation sites is 1. The number of hydrogen-bond donors (Lipinski definition) is 1. The molecule has 4 aromatic rings. The van der Waals surface area contributed by atoms with E-state index in [4.69, 9.17) is 21.1 Å². The zero-order valence-electron chi connectivity index (χ0n) is 15.2. The number of anilines is 1. The first-order chi connectivity index (χ1) is 14.1. The van der Waals surface area contributed by atoms with Gasteiger partial charge in [-0.2, -0.15) is 4.52 Å². The number of carbonyl (C=O) groups excluding carboxylic acids is 1. The van der Waals surface area contributed by atoms with Crippen molar-refractivity contribution >= 4 is 51.5 Å². The summed E-state index contributed by atoms with van der Waals surface area (Å²) in [6.45, 7) is 1.96. The number of fused-ring (bicyclic) bond motifs is 4. The number of rotatable bonds is 4. The van der Waals surface area contributed by atoms with Crippen LogP contribution in [-0.2, 0) is 4.79 Å². The minimum atomic E-state index is -0.226. The Bertz CT molecular complexity index is 1280. The maximum absolute atomic E-state index is 12.5. The van der Waals surface area contributed by atoms with E-state index in [1.54, 1.807) is 16.6 Å². The first kappa shape index (κ1) is 18.0. The second kappa shape index (κ2) is 7.09. The van der Waals surface area contributed by atoms with Gasteiger partial charge in [0, 0.05) is 17.5 Å². The van der Waals surface area contributed by atoms with Gasteiger partial charge in [-0.3, -0.25) is 4.79 Å². The van der Waals surface area contributed by atoms with Crippen molar-refractivity contribution in [3.63, 3.8) is 0 Å².